The highest BCUT2D eigenvalue weighted by molar-refractivity contribution is 9.10. The summed E-state index contributed by atoms with van der Waals surface area (Å²) in [6.07, 6.45) is 0. The zero-order chi connectivity index (χ0) is 14.6. The van der Waals surface area contributed by atoms with Crippen LogP contribution in [0.15, 0.2) is 16.6 Å². The molecule has 6 nitrogen and oxygen atoms in total. The highest BCUT2D eigenvalue weighted by Gasteiger charge is 2.23. The van der Waals surface area contributed by atoms with Gasteiger partial charge in [0, 0.05) is 24.6 Å². The average molecular weight is 327 g/mol. The van der Waals surface area contributed by atoms with Gasteiger partial charge in [0.25, 0.3) is 0 Å². The maximum Gasteiger partial charge on any atom is 0.310 e. The van der Waals surface area contributed by atoms with Crippen LogP contribution >= 0.6 is 15.9 Å². The number of halogens is 1. The summed E-state index contributed by atoms with van der Waals surface area (Å²) in [5.74, 6) is 0. The molecule has 1 aromatic carbocycles. The van der Waals surface area contributed by atoms with E-state index in [2.05, 4.69) is 15.9 Å². The summed E-state index contributed by atoms with van der Waals surface area (Å²) in [6, 6.07) is 4.99. The summed E-state index contributed by atoms with van der Waals surface area (Å²) < 4.78 is 0.654. The zero-order valence-electron chi connectivity index (χ0n) is 11.1. The first-order valence-electron chi connectivity index (χ1n) is 5.60. The summed E-state index contributed by atoms with van der Waals surface area (Å²) in [4.78, 5) is 14.4. The highest BCUT2D eigenvalue weighted by Crippen LogP contribution is 2.34. The third kappa shape index (κ3) is 3.91. The lowest BCUT2D eigenvalue weighted by Crippen LogP contribution is -2.29. The second-order valence-corrected chi connectivity index (χ2v) is 5.33. The Kier molecular flexibility index (Phi) is 5.27. The van der Waals surface area contributed by atoms with Crippen LogP contribution in [0.3, 0.4) is 0 Å². The number of nitro benzene ring substituents is 1. The number of nitro groups is 1. The second-order valence-electron chi connectivity index (χ2n) is 4.41. The molecule has 0 N–H and O–H groups in total. The van der Waals surface area contributed by atoms with E-state index in [1.54, 1.807) is 18.0 Å². The molecule has 0 atom stereocenters. The van der Waals surface area contributed by atoms with E-state index in [4.69, 9.17) is 5.26 Å². The average Bonchev–Trinajstić information content (AvgIpc) is 2.34. The predicted molar refractivity (Wildman–Crippen MR) is 77.3 cm³/mol. The van der Waals surface area contributed by atoms with Crippen molar-refractivity contribution in [3.8, 4) is 6.07 Å². The molecule has 0 amide bonds. The van der Waals surface area contributed by atoms with Gasteiger partial charge in [0.2, 0.25) is 0 Å². The Morgan fingerprint density at radius 1 is 1.37 bits per heavy atom. The van der Waals surface area contributed by atoms with Gasteiger partial charge < -0.3 is 9.80 Å². The van der Waals surface area contributed by atoms with Crippen molar-refractivity contribution in [2.75, 3.05) is 39.1 Å². The number of likely N-dealkylation sites (N-methyl/N-ethyl adjacent to an activating group) is 2. The Bertz CT molecular complexity index is 525. The van der Waals surface area contributed by atoms with E-state index in [1.165, 1.54) is 6.07 Å². The molecule has 0 radical (unpaired) electrons. The molecule has 0 unspecified atom stereocenters. The molecule has 0 aromatic heterocycles. The Labute approximate surface area is 120 Å². The van der Waals surface area contributed by atoms with Gasteiger partial charge in [-0.05, 0) is 26.2 Å². The van der Waals surface area contributed by atoms with E-state index in [0.717, 1.165) is 6.54 Å². The van der Waals surface area contributed by atoms with Crippen LogP contribution in [0.4, 0.5) is 11.4 Å². The number of rotatable bonds is 5. The number of nitriles is 1. The molecule has 0 aliphatic carbocycles. The molecule has 1 aromatic rings. The topological polar surface area (TPSA) is 73.4 Å². The van der Waals surface area contributed by atoms with Gasteiger partial charge in [-0.25, -0.2) is 0 Å². The zero-order valence-corrected chi connectivity index (χ0v) is 12.6. The monoisotopic (exact) mass is 326 g/mol. The molecular weight excluding hydrogens is 312 g/mol. The molecule has 102 valence electrons. The summed E-state index contributed by atoms with van der Waals surface area (Å²) >= 11 is 3.27. The molecule has 0 aliphatic rings. The van der Waals surface area contributed by atoms with Crippen molar-refractivity contribution >= 4 is 27.3 Å². The Morgan fingerprint density at radius 2 is 2.00 bits per heavy atom. The van der Waals surface area contributed by atoms with Crippen molar-refractivity contribution in [3.05, 3.63) is 32.3 Å². The molecule has 0 spiro atoms. The van der Waals surface area contributed by atoms with E-state index >= 15 is 0 Å². The smallest absolute Gasteiger partial charge is 0.310 e. The quantitative estimate of drug-likeness (QED) is 0.612. The van der Waals surface area contributed by atoms with E-state index in [0.29, 0.717) is 16.7 Å². The van der Waals surface area contributed by atoms with Crippen LogP contribution in [0, 0.1) is 21.4 Å². The number of hydrogen-bond acceptors (Lipinski definition) is 5. The van der Waals surface area contributed by atoms with Crippen molar-refractivity contribution in [2.24, 2.45) is 0 Å². The van der Waals surface area contributed by atoms with Crippen molar-refractivity contribution < 1.29 is 4.92 Å². The van der Waals surface area contributed by atoms with E-state index in [1.807, 2.05) is 25.1 Å². The lowest BCUT2D eigenvalue weighted by molar-refractivity contribution is -0.384. The van der Waals surface area contributed by atoms with Gasteiger partial charge in [0.1, 0.15) is 17.3 Å². The standard InChI is InChI=1S/C12H15BrN4O2/c1-15(2)4-5-16(3)11-7-10(13)6-9(8-14)12(11)17(18)19/h6-7H,4-5H2,1-3H3. The van der Waals surface area contributed by atoms with E-state index in [9.17, 15) is 10.1 Å². The first-order chi connectivity index (χ1) is 8.86. The Morgan fingerprint density at radius 3 is 2.47 bits per heavy atom. The van der Waals surface area contributed by atoms with Crippen LogP contribution in [0.5, 0.6) is 0 Å². The van der Waals surface area contributed by atoms with Gasteiger partial charge in [-0.3, -0.25) is 10.1 Å². The van der Waals surface area contributed by atoms with Gasteiger partial charge in [0.15, 0.2) is 0 Å². The third-order valence-corrected chi connectivity index (χ3v) is 3.11. The first-order valence-corrected chi connectivity index (χ1v) is 6.40. The normalized spacial score (nSPS) is 10.3. The minimum atomic E-state index is -0.507. The van der Waals surface area contributed by atoms with Gasteiger partial charge in [-0.15, -0.1) is 0 Å². The third-order valence-electron chi connectivity index (χ3n) is 2.65. The molecule has 0 heterocycles. The van der Waals surface area contributed by atoms with Crippen LogP contribution in [-0.4, -0.2) is 44.1 Å². The second kappa shape index (κ2) is 6.50. The van der Waals surface area contributed by atoms with Gasteiger partial charge in [0.05, 0.1) is 4.92 Å². The van der Waals surface area contributed by atoms with Crippen LogP contribution in [-0.2, 0) is 0 Å². The van der Waals surface area contributed by atoms with Crippen molar-refractivity contribution in [2.45, 2.75) is 0 Å². The largest absolute Gasteiger partial charge is 0.368 e. The minimum Gasteiger partial charge on any atom is -0.368 e. The fourth-order valence-corrected chi connectivity index (χ4v) is 2.07. The van der Waals surface area contributed by atoms with Crippen molar-refractivity contribution in [1.82, 2.24) is 4.90 Å². The molecule has 7 heteroatoms. The van der Waals surface area contributed by atoms with E-state index in [-0.39, 0.29) is 11.3 Å². The van der Waals surface area contributed by atoms with Crippen LogP contribution < -0.4 is 4.90 Å². The number of hydrogen-bond donors (Lipinski definition) is 0. The number of benzene rings is 1. The fourth-order valence-electron chi connectivity index (χ4n) is 1.62. The molecule has 0 aliphatic heterocycles. The number of nitrogens with zero attached hydrogens (tertiary/aromatic N) is 4. The van der Waals surface area contributed by atoms with Gasteiger partial charge >= 0.3 is 5.69 Å². The van der Waals surface area contributed by atoms with Crippen molar-refractivity contribution in [3.63, 3.8) is 0 Å². The fraction of sp³-hybridized carbons (Fsp3) is 0.417. The maximum absolute atomic E-state index is 11.2. The lowest BCUT2D eigenvalue weighted by atomic mass is 10.1. The first kappa shape index (κ1) is 15.4. The van der Waals surface area contributed by atoms with Crippen LogP contribution in [0.25, 0.3) is 0 Å². The lowest BCUT2D eigenvalue weighted by Gasteiger charge is -2.21. The Hall–Kier alpha value is -1.65. The predicted octanol–water partition coefficient (Wildman–Crippen LogP) is 2.23. The summed E-state index contributed by atoms with van der Waals surface area (Å²) in [5.41, 5.74) is 0.357. The SMILES string of the molecule is CN(C)CCN(C)c1cc(Br)cc(C#N)c1[N+](=O)[O-]. The number of anilines is 1. The molecule has 1 rings (SSSR count). The molecule has 0 saturated heterocycles. The minimum absolute atomic E-state index is 0.0612. The van der Waals surface area contributed by atoms with Crippen LogP contribution in [0.1, 0.15) is 5.56 Å². The van der Waals surface area contributed by atoms with Crippen molar-refractivity contribution in [1.29, 1.82) is 5.26 Å². The molecule has 0 saturated carbocycles. The summed E-state index contributed by atoms with van der Waals surface area (Å²) in [7, 11) is 5.65. The molecule has 0 fully saturated rings. The molecule has 0 bridgehead atoms. The maximum atomic E-state index is 11.2. The molecule has 19 heavy (non-hydrogen) atoms. The van der Waals surface area contributed by atoms with E-state index < -0.39 is 4.92 Å². The molecular formula is C12H15BrN4O2. The Balaban J connectivity index is 3.21. The summed E-state index contributed by atoms with van der Waals surface area (Å²) in [5, 5.41) is 20.2. The van der Waals surface area contributed by atoms with Crippen LogP contribution in [0.2, 0.25) is 0 Å². The summed E-state index contributed by atoms with van der Waals surface area (Å²) in [6.45, 7) is 1.40. The highest BCUT2D eigenvalue weighted by atomic mass is 79.9. The van der Waals surface area contributed by atoms with Gasteiger partial charge in [-0.2, -0.15) is 5.26 Å². The van der Waals surface area contributed by atoms with Gasteiger partial charge in [-0.1, -0.05) is 15.9 Å².